The van der Waals surface area contributed by atoms with Gasteiger partial charge in [0.1, 0.15) is 5.54 Å². The predicted octanol–water partition coefficient (Wildman–Crippen LogP) is 1.74. The first-order chi connectivity index (χ1) is 9.01. The van der Waals surface area contributed by atoms with Crippen LogP contribution in [0.5, 0.6) is 11.5 Å². The van der Waals surface area contributed by atoms with Gasteiger partial charge >= 0.3 is 5.97 Å². The second kappa shape index (κ2) is 6.99. The first-order valence-corrected chi connectivity index (χ1v) is 6.14. The van der Waals surface area contributed by atoms with E-state index in [4.69, 9.17) is 15.2 Å². The molecule has 1 aromatic rings. The highest BCUT2D eigenvalue weighted by atomic mass is 16.5. The smallest absolute Gasteiger partial charge is 0.325 e. The van der Waals surface area contributed by atoms with Crippen molar-refractivity contribution in [2.75, 3.05) is 20.8 Å². The van der Waals surface area contributed by atoms with Crippen LogP contribution in [0.4, 0.5) is 0 Å². The van der Waals surface area contributed by atoms with Gasteiger partial charge in [-0.25, -0.2) is 0 Å². The van der Waals surface area contributed by atoms with Gasteiger partial charge < -0.3 is 19.9 Å². The fourth-order valence-corrected chi connectivity index (χ4v) is 1.69. The predicted molar refractivity (Wildman–Crippen MR) is 72.3 cm³/mol. The molecule has 0 heterocycles. The van der Waals surface area contributed by atoms with Crippen LogP contribution < -0.4 is 15.2 Å². The number of rotatable bonds is 7. The molecule has 0 aliphatic carbocycles. The van der Waals surface area contributed by atoms with Gasteiger partial charge in [0.05, 0.1) is 20.8 Å². The summed E-state index contributed by atoms with van der Waals surface area (Å²) in [6, 6.07) is 7.41. The number of hydrogen-bond donors (Lipinski definition) is 1. The average molecular weight is 267 g/mol. The molecule has 0 aliphatic heterocycles. The molecule has 0 bridgehead atoms. The Morgan fingerprint density at radius 1 is 1.26 bits per heavy atom. The number of benzene rings is 1. The van der Waals surface area contributed by atoms with Crippen molar-refractivity contribution in [2.45, 2.75) is 25.3 Å². The van der Waals surface area contributed by atoms with E-state index in [9.17, 15) is 4.79 Å². The standard InChI is InChI=1S/C14H21NO4/c1-14(15,13(16)18-3)9-6-10-19-12-8-5-4-7-11(12)17-2/h4-5,7-8H,6,9-10,15H2,1-3H3. The van der Waals surface area contributed by atoms with Crippen LogP contribution in [0.1, 0.15) is 19.8 Å². The third-order valence-corrected chi connectivity index (χ3v) is 2.82. The summed E-state index contributed by atoms with van der Waals surface area (Å²) in [4.78, 5) is 11.4. The van der Waals surface area contributed by atoms with Crippen molar-refractivity contribution in [3.63, 3.8) is 0 Å². The second-order valence-corrected chi connectivity index (χ2v) is 4.51. The Morgan fingerprint density at radius 2 is 1.89 bits per heavy atom. The summed E-state index contributed by atoms with van der Waals surface area (Å²) < 4.78 is 15.4. The van der Waals surface area contributed by atoms with Crippen molar-refractivity contribution in [3.05, 3.63) is 24.3 Å². The number of methoxy groups -OCH3 is 2. The summed E-state index contributed by atoms with van der Waals surface area (Å²) >= 11 is 0. The van der Waals surface area contributed by atoms with Crippen LogP contribution in [-0.4, -0.2) is 32.3 Å². The lowest BCUT2D eigenvalue weighted by atomic mass is 9.98. The zero-order valence-electron chi connectivity index (χ0n) is 11.6. The number of carbonyl (C=O) groups excluding carboxylic acids is 1. The maximum absolute atomic E-state index is 11.4. The number of para-hydroxylation sites is 2. The van der Waals surface area contributed by atoms with Gasteiger partial charge in [0, 0.05) is 0 Å². The molecule has 1 atom stereocenters. The van der Waals surface area contributed by atoms with E-state index in [1.807, 2.05) is 24.3 Å². The topological polar surface area (TPSA) is 70.8 Å². The van der Waals surface area contributed by atoms with Crippen molar-refractivity contribution < 1.29 is 19.0 Å². The number of ether oxygens (including phenoxy) is 3. The molecule has 106 valence electrons. The van der Waals surface area contributed by atoms with Crippen LogP contribution in [0.15, 0.2) is 24.3 Å². The highest BCUT2D eigenvalue weighted by Gasteiger charge is 2.28. The Morgan fingerprint density at radius 3 is 2.47 bits per heavy atom. The molecule has 2 N–H and O–H groups in total. The molecule has 0 amide bonds. The second-order valence-electron chi connectivity index (χ2n) is 4.51. The summed E-state index contributed by atoms with van der Waals surface area (Å²) in [7, 11) is 2.93. The summed E-state index contributed by atoms with van der Waals surface area (Å²) in [5, 5.41) is 0. The van der Waals surface area contributed by atoms with Crippen LogP contribution in [-0.2, 0) is 9.53 Å². The van der Waals surface area contributed by atoms with E-state index >= 15 is 0 Å². The van der Waals surface area contributed by atoms with Crippen molar-refractivity contribution in [2.24, 2.45) is 5.73 Å². The van der Waals surface area contributed by atoms with Crippen LogP contribution >= 0.6 is 0 Å². The molecule has 0 saturated carbocycles. The lowest BCUT2D eigenvalue weighted by Crippen LogP contribution is -2.45. The molecule has 5 heteroatoms. The van der Waals surface area contributed by atoms with Gasteiger partial charge in [-0.15, -0.1) is 0 Å². The Labute approximate surface area is 113 Å². The van der Waals surface area contributed by atoms with Crippen molar-refractivity contribution in [3.8, 4) is 11.5 Å². The van der Waals surface area contributed by atoms with Gasteiger partial charge in [-0.1, -0.05) is 12.1 Å². The highest BCUT2D eigenvalue weighted by molar-refractivity contribution is 5.79. The van der Waals surface area contributed by atoms with E-state index < -0.39 is 11.5 Å². The van der Waals surface area contributed by atoms with E-state index in [2.05, 4.69) is 4.74 Å². The van der Waals surface area contributed by atoms with Gasteiger partial charge in [0.2, 0.25) is 0 Å². The summed E-state index contributed by atoms with van der Waals surface area (Å²) in [5.41, 5.74) is 4.88. The molecule has 0 saturated heterocycles. The van der Waals surface area contributed by atoms with E-state index in [0.717, 1.165) is 0 Å². The molecular weight excluding hydrogens is 246 g/mol. The number of carbonyl (C=O) groups is 1. The molecular formula is C14H21NO4. The normalized spacial score (nSPS) is 13.5. The molecule has 1 rings (SSSR count). The highest BCUT2D eigenvalue weighted by Crippen LogP contribution is 2.26. The maximum atomic E-state index is 11.4. The minimum absolute atomic E-state index is 0.412. The fourth-order valence-electron chi connectivity index (χ4n) is 1.69. The van der Waals surface area contributed by atoms with Crippen molar-refractivity contribution in [1.29, 1.82) is 0 Å². The zero-order valence-corrected chi connectivity index (χ0v) is 11.6. The van der Waals surface area contributed by atoms with Crippen LogP contribution in [0.2, 0.25) is 0 Å². The third-order valence-electron chi connectivity index (χ3n) is 2.82. The lowest BCUT2D eigenvalue weighted by Gasteiger charge is -2.21. The Hall–Kier alpha value is -1.75. The minimum atomic E-state index is -0.973. The van der Waals surface area contributed by atoms with E-state index in [0.29, 0.717) is 30.9 Å². The van der Waals surface area contributed by atoms with Gasteiger partial charge in [0.15, 0.2) is 11.5 Å². The van der Waals surface area contributed by atoms with Crippen molar-refractivity contribution in [1.82, 2.24) is 0 Å². The molecule has 5 nitrogen and oxygen atoms in total. The van der Waals surface area contributed by atoms with Crippen LogP contribution in [0.3, 0.4) is 0 Å². The first kappa shape index (κ1) is 15.3. The summed E-state index contributed by atoms with van der Waals surface area (Å²) in [5.74, 6) is 0.956. The van der Waals surface area contributed by atoms with E-state index in [1.165, 1.54) is 7.11 Å². The minimum Gasteiger partial charge on any atom is -0.493 e. The van der Waals surface area contributed by atoms with Crippen LogP contribution in [0, 0.1) is 0 Å². The quantitative estimate of drug-likeness (QED) is 0.602. The third kappa shape index (κ3) is 4.44. The van der Waals surface area contributed by atoms with Gasteiger partial charge in [0.25, 0.3) is 0 Å². The zero-order chi connectivity index (χ0) is 14.3. The number of esters is 1. The molecule has 0 aromatic heterocycles. The summed E-state index contributed by atoms with van der Waals surface area (Å²) in [6.45, 7) is 2.12. The lowest BCUT2D eigenvalue weighted by molar-refractivity contribution is -0.146. The summed E-state index contributed by atoms with van der Waals surface area (Å²) in [6.07, 6.45) is 1.15. The molecule has 0 aliphatic rings. The SMILES string of the molecule is COC(=O)C(C)(N)CCCOc1ccccc1OC. The average Bonchev–Trinajstić information content (AvgIpc) is 2.43. The monoisotopic (exact) mass is 267 g/mol. The van der Waals surface area contributed by atoms with Gasteiger partial charge in [-0.05, 0) is 31.9 Å². The Bertz CT molecular complexity index is 418. The molecule has 1 aromatic carbocycles. The van der Waals surface area contributed by atoms with Crippen LogP contribution in [0.25, 0.3) is 0 Å². The largest absolute Gasteiger partial charge is 0.493 e. The molecule has 1 unspecified atom stereocenters. The van der Waals surface area contributed by atoms with E-state index in [-0.39, 0.29) is 0 Å². The van der Waals surface area contributed by atoms with Crippen molar-refractivity contribution >= 4 is 5.97 Å². The molecule has 0 spiro atoms. The number of hydrogen-bond acceptors (Lipinski definition) is 5. The maximum Gasteiger partial charge on any atom is 0.325 e. The molecule has 0 radical (unpaired) electrons. The molecule has 19 heavy (non-hydrogen) atoms. The molecule has 0 fully saturated rings. The number of nitrogens with two attached hydrogens (primary N) is 1. The Balaban J connectivity index is 2.41. The first-order valence-electron chi connectivity index (χ1n) is 6.14. The Kier molecular flexibility index (Phi) is 5.63. The van der Waals surface area contributed by atoms with E-state index in [1.54, 1.807) is 14.0 Å². The fraction of sp³-hybridized carbons (Fsp3) is 0.500. The van der Waals surface area contributed by atoms with Gasteiger partial charge in [-0.3, -0.25) is 4.79 Å². The van der Waals surface area contributed by atoms with Gasteiger partial charge in [-0.2, -0.15) is 0 Å².